The van der Waals surface area contributed by atoms with Gasteiger partial charge in [0.15, 0.2) is 17.1 Å². The van der Waals surface area contributed by atoms with Gasteiger partial charge in [0.1, 0.15) is 17.5 Å². The Balaban J connectivity index is 1.46. The Morgan fingerprint density at radius 2 is 1.94 bits per heavy atom. The highest BCUT2D eigenvalue weighted by molar-refractivity contribution is 6.35. The van der Waals surface area contributed by atoms with Crippen LogP contribution in [0.15, 0.2) is 24.4 Å². The molecule has 3 aromatic rings. The molecular weight excluding hydrogens is 490 g/mol. The molecule has 1 aromatic carbocycles. The molecule has 35 heavy (non-hydrogen) atoms. The molecule has 0 amide bonds. The zero-order valence-electron chi connectivity index (χ0n) is 19.9. The number of alkyl halides is 1. The van der Waals surface area contributed by atoms with Gasteiger partial charge in [0.2, 0.25) is 0 Å². The van der Waals surface area contributed by atoms with Gasteiger partial charge in [-0.15, -0.1) is 0 Å². The number of nitrogens with zero attached hydrogens (tertiary/aromatic N) is 6. The largest absolute Gasteiger partial charge is 0.352 e. The van der Waals surface area contributed by atoms with Crippen LogP contribution in [0.1, 0.15) is 61.6 Å². The van der Waals surface area contributed by atoms with E-state index in [-0.39, 0.29) is 30.1 Å². The Bertz CT molecular complexity index is 1240. The van der Waals surface area contributed by atoms with E-state index in [0.29, 0.717) is 33.6 Å². The molecule has 10 heteroatoms. The van der Waals surface area contributed by atoms with Crippen molar-refractivity contribution >= 4 is 46.0 Å². The number of Topliss-reactive ketones (excluding diaryl/α,β-unsaturated/α-hetero) is 1. The van der Waals surface area contributed by atoms with Crippen LogP contribution in [0, 0.1) is 0 Å². The van der Waals surface area contributed by atoms with Gasteiger partial charge in [-0.05, 0) is 57.0 Å². The van der Waals surface area contributed by atoms with Crippen molar-refractivity contribution in [3.8, 4) is 0 Å². The molecule has 0 radical (unpaired) electrons. The summed E-state index contributed by atoms with van der Waals surface area (Å²) in [6, 6.07) is 4.93. The van der Waals surface area contributed by atoms with Gasteiger partial charge >= 0.3 is 0 Å². The van der Waals surface area contributed by atoms with Gasteiger partial charge in [-0.1, -0.05) is 35.7 Å². The van der Waals surface area contributed by atoms with Crippen molar-refractivity contribution in [2.24, 2.45) is 0 Å². The van der Waals surface area contributed by atoms with E-state index in [1.54, 1.807) is 23.0 Å². The molecule has 2 aromatic heterocycles. The van der Waals surface area contributed by atoms with E-state index < -0.39 is 6.17 Å². The number of fused-ring (bicyclic) bond motifs is 1. The lowest BCUT2D eigenvalue weighted by Crippen LogP contribution is -2.54. The van der Waals surface area contributed by atoms with Crippen molar-refractivity contribution in [2.45, 2.75) is 57.8 Å². The van der Waals surface area contributed by atoms with Crippen LogP contribution in [-0.4, -0.2) is 68.8 Å². The normalized spacial score (nSPS) is 22.5. The molecule has 2 aliphatic heterocycles. The zero-order valence-corrected chi connectivity index (χ0v) is 21.4. The fourth-order valence-corrected chi connectivity index (χ4v) is 5.86. The van der Waals surface area contributed by atoms with E-state index in [2.05, 4.69) is 15.0 Å². The quantitative estimate of drug-likeness (QED) is 0.424. The topological polar surface area (TPSA) is 67.2 Å². The summed E-state index contributed by atoms with van der Waals surface area (Å²) in [5.41, 5.74) is 1.95. The van der Waals surface area contributed by atoms with Crippen molar-refractivity contribution in [1.82, 2.24) is 24.6 Å². The molecule has 2 fully saturated rings. The maximum Gasteiger partial charge on any atom is 0.182 e. The molecule has 0 bridgehead atoms. The number of rotatable bonds is 5. The summed E-state index contributed by atoms with van der Waals surface area (Å²) >= 11 is 12.5. The summed E-state index contributed by atoms with van der Waals surface area (Å²) in [6.45, 7) is 6.33. The van der Waals surface area contributed by atoms with Crippen LogP contribution in [0.2, 0.25) is 10.0 Å². The minimum atomic E-state index is -0.955. The molecule has 3 unspecified atom stereocenters. The van der Waals surface area contributed by atoms with Crippen LogP contribution in [0.3, 0.4) is 0 Å². The fraction of sp³-hybridized carbons (Fsp3) is 0.520. The smallest absolute Gasteiger partial charge is 0.182 e. The fourth-order valence-electron chi connectivity index (χ4n) is 5.29. The zero-order chi connectivity index (χ0) is 24.7. The number of hydrogen-bond donors (Lipinski definition) is 0. The first-order valence-corrected chi connectivity index (χ1v) is 12.9. The van der Waals surface area contributed by atoms with Gasteiger partial charge in [0, 0.05) is 29.6 Å². The number of ketones is 1. The number of halogens is 3. The van der Waals surface area contributed by atoms with Crippen molar-refractivity contribution in [2.75, 3.05) is 31.1 Å². The molecule has 5 rings (SSSR count). The lowest BCUT2D eigenvalue weighted by Gasteiger charge is -2.42. The average molecular weight is 519 g/mol. The molecular formula is C25H29Cl2FN6O. The third-order valence-corrected chi connectivity index (χ3v) is 7.76. The lowest BCUT2D eigenvalue weighted by atomic mass is 9.98. The molecule has 186 valence electrons. The molecule has 0 aliphatic carbocycles. The third kappa shape index (κ3) is 4.76. The predicted molar refractivity (Wildman–Crippen MR) is 137 cm³/mol. The number of anilines is 1. The summed E-state index contributed by atoms with van der Waals surface area (Å²) < 4.78 is 17.0. The monoisotopic (exact) mass is 518 g/mol. The summed E-state index contributed by atoms with van der Waals surface area (Å²) in [5.74, 6) is 0.388. The number of hydrogen-bond acceptors (Lipinski definition) is 6. The van der Waals surface area contributed by atoms with Gasteiger partial charge in [0.25, 0.3) is 0 Å². The average Bonchev–Trinajstić information content (AvgIpc) is 3.23. The number of likely N-dealkylation sites (tertiary alicyclic amines) is 1. The second-order valence-electron chi connectivity index (χ2n) is 9.51. The van der Waals surface area contributed by atoms with E-state index in [9.17, 15) is 4.79 Å². The highest BCUT2D eigenvalue weighted by Crippen LogP contribution is 2.32. The van der Waals surface area contributed by atoms with Crippen LogP contribution in [0.5, 0.6) is 0 Å². The van der Waals surface area contributed by atoms with Crippen LogP contribution in [-0.2, 0) is 0 Å². The van der Waals surface area contributed by atoms with Crippen LogP contribution >= 0.6 is 23.2 Å². The van der Waals surface area contributed by atoms with Crippen molar-refractivity contribution in [3.63, 3.8) is 0 Å². The summed E-state index contributed by atoms with van der Waals surface area (Å²) in [7, 11) is 0. The van der Waals surface area contributed by atoms with Crippen molar-refractivity contribution in [3.05, 3.63) is 45.7 Å². The SMILES string of the molecule is CC(=O)c1nn(C(C)c2ccc(Cl)cc2Cl)c2nc(N3CCC(N4CCCCC4)C(F)C3)cnc12. The Morgan fingerprint density at radius 3 is 2.63 bits per heavy atom. The van der Waals surface area contributed by atoms with Crippen LogP contribution in [0.25, 0.3) is 11.2 Å². The lowest BCUT2D eigenvalue weighted by molar-refractivity contribution is 0.0766. The van der Waals surface area contributed by atoms with Crippen LogP contribution < -0.4 is 4.90 Å². The first-order valence-electron chi connectivity index (χ1n) is 12.2. The van der Waals surface area contributed by atoms with Crippen LogP contribution in [0.4, 0.5) is 10.2 Å². The van der Waals surface area contributed by atoms with Gasteiger partial charge in [-0.2, -0.15) is 5.10 Å². The Morgan fingerprint density at radius 1 is 1.17 bits per heavy atom. The Kier molecular flexibility index (Phi) is 6.97. The molecule has 0 spiro atoms. The maximum atomic E-state index is 15.3. The first-order chi connectivity index (χ1) is 16.8. The van der Waals surface area contributed by atoms with Gasteiger partial charge < -0.3 is 4.90 Å². The van der Waals surface area contributed by atoms with Gasteiger partial charge in [0.05, 0.1) is 18.8 Å². The Labute approximate surface area is 214 Å². The van der Waals surface area contributed by atoms with Crippen molar-refractivity contribution in [1.29, 1.82) is 0 Å². The van der Waals surface area contributed by atoms with E-state index in [0.717, 1.165) is 37.9 Å². The molecule has 0 saturated carbocycles. The number of carbonyl (C=O) groups excluding carboxylic acids is 1. The minimum Gasteiger partial charge on any atom is -0.352 e. The first kappa shape index (κ1) is 24.4. The molecule has 0 N–H and O–H groups in total. The highest BCUT2D eigenvalue weighted by atomic mass is 35.5. The second-order valence-corrected chi connectivity index (χ2v) is 10.3. The minimum absolute atomic E-state index is 0.0369. The molecule has 2 aliphatic rings. The van der Waals surface area contributed by atoms with Gasteiger partial charge in [-0.25, -0.2) is 19.0 Å². The second kappa shape index (κ2) is 9.99. The maximum absolute atomic E-state index is 15.3. The van der Waals surface area contributed by atoms with Crippen molar-refractivity contribution < 1.29 is 9.18 Å². The number of carbonyl (C=O) groups is 1. The number of benzene rings is 1. The Hall–Kier alpha value is -2.29. The molecule has 2 saturated heterocycles. The number of aromatic nitrogens is 4. The van der Waals surface area contributed by atoms with E-state index in [4.69, 9.17) is 28.2 Å². The summed E-state index contributed by atoms with van der Waals surface area (Å²) in [5, 5.41) is 5.59. The molecule has 3 atom stereocenters. The third-order valence-electron chi connectivity index (χ3n) is 7.19. The molecule has 4 heterocycles. The summed E-state index contributed by atoms with van der Waals surface area (Å²) in [6.07, 6.45) is 4.94. The predicted octanol–water partition coefficient (Wildman–Crippen LogP) is 5.35. The summed E-state index contributed by atoms with van der Waals surface area (Å²) in [4.78, 5) is 25.9. The van der Waals surface area contributed by atoms with Gasteiger partial charge in [-0.3, -0.25) is 9.69 Å². The number of piperidine rings is 2. The standard InChI is InChI=1S/C25H29Cl2FN6O/c1-15(18-7-6-17(26)12-19(18)27)34-25-24(23(31-34)16(2)35)29-13-22(30-25)33-11-8-21(20(28)14-33)32-9-4-3-5-10-32/h6-7,12-13,15,20-21H,3-5,8-11,14H2,1-2H3. The highest BCUT2D eigenvalue weighted by Gasteiger charge is 2.35. The van der Waals surface area contributed by atoms with E-state index in [1.807, 2.05) is 17.9 Å². The van der Waals surface area contributed by atoms with E-state index in [1.165, 1.54) is 13.3 Å². The van der Waals surface area contributed by atoms with E-state index >= 15 is 4.39 Å². The molecule has 7 nitrogen and oxygen atoms in total.